The third-order valence-electron chi connectivity index (χ3n) is 4.24. The minimum Gasteiger partial charge on any atom is -0.349 e. The van der Waals surface area contributed by atoms with Gasteiger partial charge in [-0.3, -0.25) is 9.59 Å². The van der Waals surface area contributed by atoms with E-state index in [-0.39, 0.29) is 17.9 Å². The summed E-state index contributed by atoms with van der Waals surface area (Å²) >= 11 is 0. The molecule has 1 aromatic rings. The van der Waals surface area contributed by atoms with Gasteiger partial charge in [0.15, 0.2) is 0 Å². The highest BCUT2D eigenvalue weighted by Gasteiger charge is 2.27. The molecule has 1 aliphatic rings. The second-order valence-electron chi connectivity index (χ2n) is 5.83. The van der Waals surface area contributed by atoms with Crippen molar-refractivity contribution >= 4 is 17.5 Å². The highest BCUT2D eigenvalue weighted by Crippen LogP contribution is 2.31. The lowest BCUT2D eigenvalue weighted by atomic mass is 9.78. The van der Waals surface area contributed by atoms with Crippen LogP contribution in [-0.2, 0) is 4.79 Å². The van der Waals surface area contributed by atoms with Crippen LogP contribution in [0, 0.1) is 5.92 Å². The van der Waals surface area contributed by atoms with Gasteiger partial charge in [0, 0.05) is 17.3 Å². The first-order valence-electron chi connectivity index (χ1n) is 7.98. The van der Waals surface area contributed by atoms with Gasteiger partial charge in [0.2, 0.25) is 5.91 Å². The molecule has 22 heavy (non-hydrogen) atoms. The van der Waals surface area contributed by atoms with Crippen molar-refractivity contribution in [1.29, 1.82) is 0 Å². The third-order valence-corrected chi connectivity index (χ3v) is 4.24. The van der Waals surface area contributed by atoms with Crippen LogP contribution in [0.3, 0.4) is 0 Å². The van der Waals surface area contributed by atoms with Gasteiger partial charge in [-0.05, 0) is 55.5 Å². The second kappa shape index (κ2) is 7.78. The van der Waals surface area contributed by atoms with Crippen molar-refractivity contribution in [2.45, 2.75) is 45.1 Å². The molecule has 1 fully saturated rings. The van der Waals surface area contributed by atoms with Crippen molar-refractivity contribution in [3.8, 4) is 0 Å². The number of rotatable bonds is 7. The van der Waals surface area contributed by atoms with E-state index >= 15 is 0 Å². The van der Waals surface area contributed by atoms with E-state index in [1.165, 1.54) is 25.3 Å². The second-order valence-corrected chi connectivity index (χ2v) is 5.83. The van der Waals surface area contributed by atoms with Crippen molar-refractivity contribution in [2.24, 2.45) is 5.92 Å². The first-order valence-corrected chi connectivity index (χ1v) is 7.98. The summed E-state index contributed by atoms with van der Waals surface area (Å²) in [5, 5.41) is 5.83. The maximum absolute atomic E-state index is 12.3. The molecule has 4 heteroatoms. The van der Waals surface area contributed by atoms with Gasteiger partial charge in [0.1, 0.15) is 0 Å². The Kier molecular flexibility index (Phi) is 5.75. The predicted octanol–water partition coefficient (Wildman–Crippen LogP) is 3.51. The fourth-order valence-electron chi connectivity index (χ4n) is 2.73. The van der Waals surface area contributed by atoms with E-state index in [1.807, 2.05) is 0 Å². The summed E-state index contributed by atoms with van der Waals surface area (Å²) < 4.78 is 0. The summed E-state index contributed by atoms with van der Waals surface area (Å²) in [6.07, 6.45) is 7.04. The van der Waals surface area contributed by atoms with Crippen LogP contribution >= 0.6 is 0 Å². The van der Waals surface area contributed by atoms with E-state index in [0.29, 0.717) is 17.2 Å². The topological polar surface area (TPSA) is 58.2 Å². The van der Waals surface area contributed by atoms with Gasteiger partial charge in [-0.15, -0.1) is 0 Å². The zero-order valence-corrected chi connectivity index (χ0v) is 13.1. The first-order chi connectivity index (χ1) is 10.6. The maximum Gasteiger partial charge on any atom is 0.251 e. The standard InChI is InChI=1S/C18H24N2O2/c1-3-6-16(13-7-5-8-13)20-18(22)14-9-11-15(12-10-14)19-17(21)4-2/h4,9-13,16H,2-3,5-8H2,1H3,(H,19,21)(H,20,22). The molecule has 4 nitrogen and oxygen atoms in total. The number of anilines is 1. The fraction of sp³-hybridized carbons (Fsp3) is 0.444. The van der Waals surface area contributed by atoms with Crippen LogP contribution in [0.15, 0.2) is 36.9 Å². The summed E-state index contributed by atoms with van der Waals surface area (Å²) in [7, 11) is 0. The molecule has 0 saturated heterocycles. The summed E-state index contributed by atoms with van der Waals surface area (Å²) in [4.78, 5) is 23.6. The van der Waals surface area contributed by atoms with Crippen LogP contribution in [0.25, 0.3) is 0 Å². The minimum absolute atomic E-state index is 0.0352. The van der Waals surface area contributed by atoms with Gasteiger partial charge in [0.25, 0.3) is 5.91 Å². The van der Waals surface area contributed by atoms with E-state index in [1.54, 1.807) is 24.3 Å². The van der Waals surface area contributed by atoms with E-state index in [2.05, 4.69) is 24.1 Å². The average Bonchev–Trinajstić information content (AvgIpc) is 2.46. The smallest absolute Gasteiger partial charge is 0.251 e. The number of amides is 2. The Morgan fingerprint density at radius 1 is 1.32 bits per heavy atom. The fourth-order valence-corrected chi connectivity index (χ4v) is 2.73. The van der Waals surface area contributed by atoms with Crippen LogP contribution in [0.2, 0.25) is 0 Å². The predicted molar refractivity (Wildman–Crippen MR) is 88.8 cm³/mol. The number of hydrogen-bond donors (Lipinski definition) is 2. The maximum atomic E-state index is 12.3. The van der Waals surface area contributed by atoms with Crippen LogP contribution in [0.4, 0.5) is 5.69 Å². The lowest BCUT2D eigenvalue weighted by Gasteiger charge is -2.34. The number of nitrogens with one attached hydrogen (secondary N) is 2. The zero-order chi connectivity index (χ0) is 15.9. The minimum atomic E-state index is -0.259. The quantitative estimate of drug-likeness (QED) is 0.757. The van der Waals surface area contributed by atoms with Crippen molar-refractivity contribution in [3.05, 3.63) is 42.5 Å². The van der Waals surface area contributed by atoms with E-state index < -0.39 is 0 Å². The van der Waals surface area contributed by atoms with Gasteiger partial charge in [0.05, 0.1) is 0 Å². The molecule has 0 radical (unpaired) electrons. The number of benzene rings is 1. The normalized spacial score (nSPS) is 15.5. The molecule has 1 saturated carbocycles. The van der Waals surface area contributed by atoms with Gasteiger partial charge in [-0.2, -0.15) is 0 Å². The Hall–Kier alpha value is -2.10. The zero-order valence-electron chi connectivity index (χ0n) is 13.1. The molecular weight excluding hydrogens is 276 g/mol. The first kappa shape index (κ1) is 16.3. The van der Waals surface area contributed by atoms with Crippen LogP contribution < -0.4 is 10.6 Å². The molecule has 0 heterocycles. The molecular formula is C18H24N2O2. The molecule has 1 aliphatic carbocycles. The lowest BCUT2D eigenvalue weighted by molar-refractivity contribution is -0.111. The number of carbonyl (C=O) groups is 2. The van der Waals surface area contributed by atoms with Gasteiger partial charge < -0.3 is 10.6 Å². The Bertz CT molecular complexity index is 533. The van der Waals surface area contributed by atoms with E-state index in [4.69, 9.17) is 0 Å². The molecule has 0 spiro atoms. The SMILES string of the molecule is C=CC(=O)Nc1ccc(C(=O)NC(CCC)C2CCC2)cc1. The largest absolute Gasteiger partial charge is 0.349 e. The molecule has 0 bridgehead atoms. The average molecular weight is 300 g/mol. The monoisotopic (exact) mass is 300 g/mol. The number of hydrogen-bond acceptors (Lipinski definition) is 2. The van der Waals surface area contributed by atoms with Crippen LogP contribution in [-0.4, -0.2) is 17.9 Å². The lowest BCUT2D eigenvalue weighted by Crippen LogP contribution is -2.42. The molecule has 1 aromatic carbocycles. The summed E-state index contributed by atoms with van der Waals surface area (Å²) in [6.45, 7) is 5.55. The molecule has 1 atom stereocenters. The van der Waals surface area contributed by atoms with E-state index in [9.17, 15) is 9.59 Å². The van der Waals surface area contributed by atoms with E-state index in [0.717, 1.165) is 12.8 Å². The van der Waals surface area contributed by atoms with Gasteiger partial charge >= 0.3 is 0 Å². The highest BCUT2D eigenvalue weighted by molar-refractivity contribution is 5.99. The van der Waals surface area contributed by atoms with Crippen molar-refractivity contribution in [3.63, 3.8) is 0 Å². The van der Waals surface area contributed by atoms with Crippen LogP contribution in [0.5, 0.6) is 0 Å². The molecule has 2 rings (SSSR count). The highest BCUT2D eigenvalue weighted by atomic mass is 16.2. The Morgan fingerprint density at radius 3 is 2.50 bits per heavy atom. The molecule has 1 unspecified atom stereocenters. The Balaban J connectivity index is 1.96. The molecule has 118 valence electrons. The molecule has 2 N–H and O–H groups in total. The summed E-state index contributed by atoms with van der Waals surface area (Å²) in [6, 6.07) is 7.21. The van der Waals surface area contributed by atoms with Gasteiger partial charge in [-0.25, -0.2) is 0 Å². The van der Waals surface area contributed by atoms with Crippen molar-refractivity contribution in [2.75, 3.05) is 5.32 Å². The van der Waals surface area contributed by atoms with Crippen molar-refractivity contribution in [1.82, 2.24) is 5.32 Å². The Labute approximate surface area is 132 Å². The molecule has 0 aromatic heterocycles. The Morgan fingerprint density at radius 2 is 2.00 bits per heavy atom. The molecule has 0 aliphatic heterocycles. The summed E-state index contributed by atoms with van der Waals surface area (Å²) in [5.41, 5.74) is 1.28. The number of carbonyl (C=O) groups excluding carboxylic acids is 2. The van der Waals surface area contributed by atoms with Crippen LogP contribution in [0.1, 0.15) is 49.4 Å². The third kappa shape index (κ3) is 4.20. The van der Waals surface area contributed by atoms with Gasteiger partial charge in [-0.1, -0.05) is 26.3 Å². The van der Waals surface area contributed by atoms with Crippen molar-refractivity contribution < 1.29 is 9.59 Å². The summed E-state index contributed by atoms with van der Waals surface area (Å²) in [5.74, 6) is 0.340. The molecule has 2 amide bonds.